The Morgan fingerprint density at radius 3 is 2.92 bits per heavy atom. The SMILES string of the molecule is CN(CC(=O)O)CC1CN(Cc2cccc(OC(F)(F)F)c2)CCO1. The average molecular weight is 362 g/mol. The highest BCUT2D eigenvalue weighted by molar-refractivity contribution is 5.69. The predicted molar refractivity (Wildman–Crippen MR) is 83.3 cm³/mol. The molecule has 1 unspecified atom stereocenters. The van der Waals surface area contributed by atoms with E-state index in [1.807, 2.05) is 0 Å². The van der Waals surface area contributed by atoms with Crippen LogP contribution in [0.5, 0.6) is 5.75 Å². The molecule has 1 aliphatic heterocycles. The van der Waals surface area contributed by atoms with E-state index >= 15 is 0 Å². The summed E-state index contributed by atoms with van der Waals surface area (Å²) in [6, 6.07) is 5.90. The molecular weight excluding hydrogens is 341 g/mol. The van der Waals surface area contributed by atoms with Gasteiger partial charge in [-0.25, -0.2) is 0 Å². The third-order valence-corrected chi connectivity index (χ3v) is 3.68. The van der Waals surface area contributed by atoms with E-state index in [1.165, 1.54) is 18.2 Å². The molecule has 0 radical (unpaired) electrons. The van der Waals surface area contributed by atoms with Crippen LogP contribution in [0.2, 0.25) is 0 Å². The summed E-state index contributed by atoms with van der Waals surface area (Å²) in [6.07, 6.45) is -4.86. The number of rotatable bonds is 7. The highest BCUT2D eigenvalue weighted by Crippen LogP contribution is 2.24. The lowest BCUT2D eigenvalue weighted by Gasteiger charge is -2.34. The van der Waals surface area contributed by atoms with Gasteiger partial charge in [-0.05, 0) is 24.7 Å². The van der Waals surface area contributed by atoms with Crippen LogP contribution in [0.15, 0.2) is 24.3 Å². The molecule has 1 aromatic carbocycles. The Kier molecular flexibility index (Phi) is 6.63. The number of benzene rings is 1. The van der Waals surface area contributed by atoms with Crippen molar-refractivity contribution in [2.24, 2.45) is 0 Å². The number of carboxylic acid groups (broad SMARTS) is 1. The van der Waals surface area contributed by atoms with Gasteiger partial charge in [-0.2, -0.15) is 0 Å². The molecule has 0 aromatic heterocycles. The Morgan fingerprint density at radius 2 is 2.24 bits per heavy atom. The van der Waals surface area contributed by atoms with Crippen molar-refractivity contribution in [2.45, 2.75) is 19.0 Å². The first-order chi connectivity index (χ1) is 11.7. The molecule has 9 heteroatoms. The molecule has 0 amide bonds. The van der Waals surface area contributed by atoms with Crippen LogP contribution in [0.3, 0.4) is 0 Å². The van der Waals surface area contributed by atoms with E-state index in [0.29, 0.717) is 38.3 Å². The van der Waals surface area contributed by atoms with Gasteiger partial charge in [0.1, 0.15) is 5.75 Å². The van der Waals surface area contributed by atoms with E-state index in [9.17, 15) is 18.0 Å². The summed E-state index contributed by atoms with van der Waals surface area (Å²) in [5, 5.41) is 8.78. The molecule has 0 spiro atoms. The zero-order chi connectivity index (χ0) is 18.4. The standard InChI is InChI=1S/C16H21F3N2O4/c1-20(11-15(22)23)9-14-10-21(5-6-24-14)8-12-3-2-4-13(7-12)25-16(17,18)19/h2-4,7,14H,5-6,8-11H2,1H3,(H,22,23). The molecule has 1 aromatic rings. The second kappa shape index (κ2) is 8.50. The molecule has 1 aliphatic rings. The van der Waals surface area contributed by atoms with Crippen molar-refractivity contribution in [1.29, 1.82) is 0 Å². The molecule has 0 saturated carbocycles. The number of ether oxygens (including phenoxy) is 2. The van der Waals surface area contributed by atoms with Gasteiger partial charge in [-0.3, -0.25) is 14.6 Å². The number of carbonyl (C=O) groups is 1. The number of carboxylic acids is 1. The van der Waals surface area contributed by atoms with Crippen molar-refractivity contribution >= 4 is 5.97 Å². The van der Waals surface area contributed by atoms with Gasteiger partial charge in [0.15, 0.2) is 0 Å². The fraction of sp³-hybridized carbons (Fsp3) is 0.562. The number of likely N-dealkylation sites (N-methyl/N-ethyl adjacent to an activating group) is 1. The number of morpholine rings is 1. The smallest absolute Gasteiger partial charge is 0.480 e. The Hall–Kier alpha value is -1.84. The highest BCUT2D eigenvalue weighted by Gasteiger charge is 2.31. The van der Waals surface area contributed by atoms with Crippen LogP contribution >= 0.6 is 0 Å². The lowest BCUT2D eigenvalue weighted by molar-refractivity contribution is -0.274. The van der Waals surface area contributed by atoms with Gasteiger partial charge in [0.2, 0.25) is 0 Å². The van der Waals surface area contributed by atoms with Crippen LogP contribution < -0.4 is 4.74 Å². The lowest BCUT2D eigenvalue weighted by Crippen LogP contribution is -2.47. The minimum absolute atomic E-state index is 0.0727. The molecule has 0 bridgehead atoms. The quantitative estimate of drug-likeness (QED) is 0.798. The summed E-state index contributed by atoms with van der Waals surface area (Å²) in [6.45, 7) is 2.59. The number of halogens is 3. The predicted octanol–water partition coefficient (Wildman–Crippen LogP) is 1.80. The second-order valence-electron chi connectivity index (χ2n) is 6.01. The van der Waals surface area contributed by atoms with Crippen molar-refractivity contribution in [2.75, 3.05) is 39.8 Å². The zero-order valence-electron chi connectivity index (χ0n) is 13.8. The molecule has 1 fully saturated rings. The van der Waals surface area contributed by atoms with E-state index in [2.05, 4.69) is 9.64 Å². The van der Waals surface area contributed by atoms with Crippen LogP contribution in [0.1, 0.15) is 5.56 Å². The fourth-order valence-electron chi connectivity index (χ4n) is 2.78. The minimum atomic E-state index is -4.71. The Morgan fingerprint density at radius 1 is 1.48 bits per heavy atom. The maximum absolute atomic E-state index is 12.3. The van der Waals surface area contributed by atoms with E-state index in [0.717, 1.165) is 0 Å². The van der Waals surface area contributed by atoms with Gasteiger partial charge in [0.05, 0.1) is 19.3 Å². The van der Waals surface area contributed by atoms with Crippen molar-refractivity contribution in [3.8, 4) is 5.75 Å². The summed E-state index contributed by atoms with van der Waals surface area (Å²) >= 11 is 0. The minimum Gasteiger partial charge on any atom is -0.480 e. The lowest BCUT2D eigenvalue weighted by atomic mass is 10.1. The fourth-order valence-corrected chi connectivity index (χ4v) is 2.78. The summed E-state index contributed by atoms with van der Waals surface area (Å²) in [4.78, 5) is 14.4. The van der Waals surface area contributed by atoms with Gasteiger partial charge in [-0.15, -0.1) is 13.2 Å². The summed E-state index contributed by atoms with van der Waals surface area (Å²) < 4.78 is 46.5. The third kappa shape index (κ3) is 7.29. The highest BCUT2D eigenvalue weighted by atomic mass is 19.4. The number of hydrogen-bond acceptors (Lipinski definition) is 5. The van der Waals surface area contributed by atoms with Gasteiger partial charge in [0.25, 0.3) is 0 Å². The number of aliphatic carboxylic acids is 1. The van der Waals surface area contributed by atoms with Gasteiger partial charge in [0, 0.05) is 26.2 Å². The molecule has 1 heterocycles. The molecule has 1 saturated heterocycles. The first kappa shape index (κ1) is 19.5. The first-order valence-electron chi connectivity index (χ1n) is 7.80. The number of nitrogens with zero attached hydrogens (tertiary/aromatic N) is 2. The Labute approximate surface area is 143 Å². The monoisotopic (exact) mass is 362 g/mol. The van der Waals surface area contributed by atoms with Gasteiger partial charge in [-0.1, -0.05) is 12.1 Å². The number of hydrogen-bond donors (Lipinski definition) is 1. The second-order valence-corrected chi connectivity index (χ2v) is 6.01. The van der Waals surface area contributed by atoms with E-state index in [1.54, 1.807) is 18.0 Å². The van der Waals surface area contributed by atoms with Gasteiger partial charge >= 0.3 is 12.3 Å². The molecule has 140 valence electrons. The third-order valence-electron chi connectivity index (χ3n) is 3.68. The summed E-state index contributed by atoms with van der Waals surface area (Å²) in [5.41, 5.74) is 0.710. The molecule has 0 aliphatic carbocycles. The van der Waals surface area contributed by atoms with Crippen molar-refractivity contribution < 1.29 is 32.5 Å². The summed E-state index contributed by atoms with van der Waals surface area (Å²) in [7, 11) is 1.70. The van der Waals surface area contributed by atoms with E-state index in [4.69, 9.17) is 9.84 Å². The maximum Gasteiger partial charge on any atom is 0.573 e. The van der Waals surface area contributed by atoms with Crippen LogP contribution in [-0.2, 0) is 16.1 Å². The molecule has 1 N–H and O–H groups in total. The average Bonchev–Trinajstić information content (AvgIpc) is 2.45. The first-order valence-corrected chi connectivity index (χ1v) is 7.80. The maximum atomic E-state index is 12.3. The van der Waals surface area contributed by atoms with Crippen LogP contribution in [0, 0.1) is 0 Å². The van der Waals surface area contributed by atoms with Crippen molar-refractivity contribution in [1.82, 2.24) is 9.80 Å². The van der Waals surface area contributed by atoms with Crippen LogP contribution in [0.25, 0.3) is 0 Å². The molecular formula is C16H21F3N2O4. The Bertz CT molecular complexity index is 583. The van der Waals surface area contributed by atoms with E-state index in [-0.39, 0.29) is 18.4 Å². The zero-order valence-corrected chi connectivity index (χ0v) is 13.8. The largest absolute Gasteiger partial charge is 0.573 e. The summed E-state index contributed by atoms with van der Waals surface area (Å²) in [5.74, 6) is -1.15. The molecule has 2 rings (SSSR count). The van der Waals surface area contributed by atoms with Crippen molar-refractivity contribution in [3.63, 3.8) is 0 Å². The van der Waals surface area contributed by atoms with Crippen LogP contribution in [0.4, 0.5) is 13.2 Å². The van der Waals surface area contributed by atoms with E-state index < -0.39 is 12.3 Å². The number of alkyl halides is 3. The topological polar surface area (TPSA) is 62.2 Å². The van der Waals surface area contributed by atoms with Crippen molar-refractivity contribution in [3.05, 3.63) is 29.8 Å². The molecule has 25 heavy (non-hydrogen) atoms. The van der Waals surface area contributed by atoms with Crippen LogP contribution in [-0.4, -0.2) is 73.2 Å². The molecule has 6 nitrogen and oxygen atoms in total. The van der Waals surface area contributed by atoms with Gasteiger partial charge < -0.3 is 14.6 Å². The Balaban J connectivity index is 1.89. The normalized spacial score (nSPS) is 19.2. The molecule has 1 atom stereocenters.